The third-order valence-corrected chi connectivity index (χ3v) is 3.96. The maximum atomic E-state index is 10.5. The van der Waals surface area contributed by atoms with Gasteiger partial charge in [0.25, 0.3) is 0 Å². The zero-order valence-electron chi connectivity index (χ0n) is 12.3. The van der Waals surface area contributed by atoms with Gasteiger partial charge in [0.15, 0.2) is 0 Å². The molecule has 0 spiro atoms. The molecule has 6 heteroatoms. The summed E-state index contributed by atoms with van der Waals surface area (Å²) in [5.41, 5.74) is 0.306. The van der Waals surface area contributed by atoms with Crippen LogP contribution in [0.4, 0.5) is 0 Å². The average molecular weight is 282 g/mol. The van der Waals surface area contributed by atoms with E-state index in [1.807, 2.05) is 6.20 Å². The van der Waals surface area contributed by atoms with Crippen molar-refractivity contribution in [3.8, 4) is 0 Å². The quantitative estimate of drug-likeness (QED) is 0.685. The standard InChI is InChI=1S/C14H26N4O2/c1-12-4-2-5-14(20,8-12)11-15-9-13-10-18(17-16-13)6-3-7-19/h10,12,15,19-20H,2-9,11H2,1H3. The van der Waals surface area contributed by atoms with Crippen molar-refractivity contribution in [1.29, 1.82) is 0 Å². The summed E-state index contributed by atoms with van der Waals surface area (Å²) in [6.45, 7) is 4.29. The van der Waals surface area contributed by atoms with Gasteiger partial charge in [-0.3, -0.25) is 4.68 Å². The Morgan fingerprint density at radius 1 is 1.55 bits per heavy atom. The lowest BCUT2D eigenvalue weighted by Crippen LogP contribution is -2.43. The van der Waals surface area contributed by atoms with E-state index in [1.54, 1.807) is 4.68 Å². The van der Waals surface area contributed by atoms with Crippen molar-refractivity contribution in [2.24, 2.45) is 5.92 Å². The first kappa shape index (κ1) is 15.4. The number of rotatable bonds is 7. The molecule has 0 radical (unpaired) electrons. The van der Waals surface area contributed by atoms with Crippen LogP contribution in [0, 0.1) is 5.92 Å². The predicted molar refractivity (Wildman–Crippen MR) is 76.0 cm³/mol. The number of aliphatic hydroxyl groups excluding tert-OH is 1. The molecule has 1 aromatic rings. The van der Waals surface area contributed by atoms with Gasteiger partial charge in [-0.2, -0.15) is 0 Å². The first-order valence-corrected chi connectivity index (χ1v) is 7.54. The van der Waals surface area contributed by atoms with Crippen molar-refractivity contribution in [3.63, 3.8) is 0 Å². The maximum Gasteiger partial charge on any atom is 0.0964 e. The summed E-state index contributed by atoms with van der Waals surface area (Å²) in [5.74, 6) is 0.606. The third kappa shape index (κ3) is 4.54. The van der Waals surface area contributed by atoms with Crippen LogP contribution in [-0.2, 0) is 13.1 Å². The molecule has 1 heterocycles. The summed E-state index contributed by atoms with van der Waals surface area (Å²) in [5, 5.41) is 30.6. The van der Waals surface area contributed by atoms with Crippen molar-refractivity contribution in [3.05, 3.63) is 11.9 Å². The van der Waals surface area contributed by atoms with Gasteiger partial charge < -0.3 is 15.5 Å². The number of hydrogen-bond acceptors (Lipinski definition) is 5. The van der Waals surface area contributed by atoms with E-state index in [4.69, 9.17) is 5.11 Å². The van der Waals surface area contributed by atoms with Crippen LogP contribution in [0.2, 0.25) is 0 Å². The van der Waals surface area contributed by atoms with E-state index in [9.17, 15) is 5.11 Å². The van der Waals surface area contributed by atoms with Gasteiger partial charge in [0.2, 0.25) is 0 Å². The second-order valence-electron chi connectivity index (χ2n) is 6.08. The van der Waals surface area contributed by atoms with Gasteiger partial charge in [-0.25, -0.2) is 0 Å². The topological polar surface area (TPSA) is 83.2 Å². The van der Waals surface area contributed by atoms with Crippen LogP contribution in [0.3, 0.4) is 0 Å². The van der Waals surface area contributed by atoms with Crippen molar-refractivity contribution >= 4 is 0 Å². The lowest BCUT2D eigenvalue weighted by molar-refractivity contribution is -0.0119. The molecule has 0 saturated heterocycles. The molecular formula is C14H26N4O2. The Morgan fingerprint density at radius 2 is 2.40 bits per heavy atom. The van der Waals surface area contributed by atoms with Gasteiger partial charge in [-0.15, -0.1) is 5.10 Å². The molecule has 1 aromatic heterocycles. The van der Waals surface area contributed by atoms with Crippen LogP contribution in [0.15, 0.2) is 6.20 Å². The molecule has 0 aromatic carbocycles. The second kappa shape index (κ2) is 7.15. The minimum absolute atomic E-state index is 0.165. The second-order valence-corrected chi connectivity index (χ2v) is 6.08. The Bertz CT molecular complexity index is 410. The van der Waals surface area contributed by atoms with Crippen molar-refractivity contribution in [1.82, 2.24) is 20.3 Å². The molecule has 3 N–H and O–H groups in total. The highest BCUT2D eigenvalue weighted by atomic mass is 16.3. The summed E-state index contributed by atoms with van der Waals surface area (Å²) in [6, 6.07) is 0. The van der Waals surface area contributed by atoms with E-state index >= 15 is 0 Å². The summed E-state index contributed by atoms with van der Waals surface area (Å²) >= 11 is 0. The Morgan fingerprint density at radius 3 is 3.15 bits per heavy atom. The van der Waals surface area contributed by atoms with Gasteiger partial charge in [-0.05, 0) is 25.2 Å². The molecule has 2 unspecified atom stereocenters. The average Bonchev–Trinajstić information content (AvgIpc) is 2.84. The van der Waals surface area contributed by atoms with Crippen LogP contribution in [0.5, 0.6) is 0 Å². The number of hydrogen-bond donors (Lipinski definition) is 3. The summed E-state index contributed by atoms with van der Waals surface area (Å²) in [7, 11) is 0. The first-order valence-electron chi connectivity index (χ1n) is 7.54. The molecule has 2 atom stereocenters. The Labute approximate surface area is 120 Å². The molecule has 6 nitrogen and oxygen atoms in total. The van der Waals surface area contributed by atoms with Crippen LogP contribution >= 0.6 is 0 Å². The van der Waals surface area contributed by atoms with E-state index in [2.05, 4.69) is 22.6 Å². The monoisotopic (exact) mass is 282 g/mol. The molecule has 0 bridgehead atoms. The van der Waals surface area contributed by atoms with E-state index in [-0.39, 0.29) is 6.61 Å². The number of aromatic nitrogens is 3. The zero-order chi connectivity index (χ0) is 14.4. The molecule has 1 fully saturated rings. The SMILES string of the molecule is CC1CCCC(O)(CNCc2cn(CCCO)nn2)C1. The largest absolute Gasteiger partial charge is 0.396 e. The predicted octanol–water partition coefficient (Wildman–Crippen LogP) is 0.691. The van der Waals surface area contributed by atoms with E-state index < -0.39 is 5.60 Å². The van der Waals surface area contributed by atoms with Crippen LogP contribution in [0.25, 0.3) is 0 Å². The summed E-state index contributed by atoms with van der Waals surface area (Å²) in [6.07, 6.45) is 6.67. The smallest absolute Gasteiger partial charge is 0.0964 e. The fourth-order valence-corrected chi connectivity index (χ4v) is 2.98. The summed E-state index contributed by atoms with van der Waals surface area (Å²) in [4.78, 5) is 0. The molecule has 1 saturated carbocycles. The molecule has 1 aliphatic carbocycles. The Kier molecular flexibility index (Phi) is 5.51. The zero-order valence-corrected chi connectivity index (χ0v) is 12.3. The molecule has 0 amide bonds. The fraction of sp³-hybridized carbons (Fsp3) is 0.857. The van der Waals surface area contributed by atoms with E-state index in [0.29, 0.717) is 32.0 Å². The lowest BCUT2D eigenvalue weighted by Gasteiger charge is -2.35. The lowest BCUT2D eigenvalue weighted by atomic mass is 9.79. The number of aryl methyl sites for hydroxylation is 1. The number of nitrogens with zero attached hydrogens (tertiary/aromatic N) is 3. The van der Waals surface area contributed by atoms with E-state index in [1.165, 1.54) is 6.42 Å². The minimum atomic E-state index is -0.565. The molecule has 0 aliphatic heterocycles. The van der Waals surface area contributed by atoms with Gasteiger partial charge in [-0.1, -0.05) is 25.0 Å². The molecular weight excluding hydrogens is 256 g/mol. The number of aliphatic hydroxyl groups is 2. The Balaban J connectivity index is 1.73. The van der Waals surface area contributed by atoms with Gasteiger partial charge in [0, 0.05) is 32.4 Å². The number of nitrogens with one attached hydrogen (secondary N) is 1. The minimum Gasteiger partial charge on any atom is -0.396 e. The van der Waals surface area contributed by atoms with Gasteiger partial charge in [0.1, 0.15) is 0 Å². The summed E-state index contributed by atoms with van der Waals surface area (Å²) < 4.78 is 1.74. The molecule has 2 rings (SSSR count). The first-order chi connectivity index (χ1) is 9.61. The van der Waals surface area contributed by atoms with Crippen LogP contribution < -0.4 is 5.32 Å². The van der Waals surface area contributed by atoms with Gasteiger partial charge in [0.05, 0.1) is 11.3 Å². The fourth-order valence-electron chi connectivity index (χ4n) is 2.98. The maximum absolute atomic E-state index is 10.5. The van der Waals surface area contributed by atoms with Gasteiger partial charge >= 0.3 is 0 Å². The highest BCUT2D eigenvalue weighted by Crippen LogP contribution is 2.31. The molecule has 1 aliphatic rings. The van der Waals surface area contributed by atoms with E-state index in [0.717, 1.165) is 25.0 Å². The Hall–Kier alpha value is -0.980. The highest BCUT2D eigenvalue weighted by molar-refractivity contribution is 4.93. The van der Waals surface area contributed by atoms with Crippen LogP contribution in [-0.4, -0.2) is 44.0 Å². The molecule has 20 heavy (non-hydrogen) atoms. The third-order valence-electron chi connectivity index (χ3n) is 3.96. The van der Waals surface area contributed by atoms with Crippen molar-refractivity contribution in [2.75, 3.05) is 13.2 Å². The van der Waals surface area contributed by atoms with Crippen molar-refractivity contribution < 1.29 is 10.2 Å². The van der Waals surface area contributed by atoms with Crippen LogP contribution in [0.1, 0.15) is 44.7 Å². The normalized spacial score (nSPS) is 26.9. The van der Waals surface area contributed by atoms with Crippen molar-refractivity contribution in [2.45, 2.75) is 57.7 Å². The molecule has 114 valence electrons. The highest BCUT2D eigenvalue weighted by Gasteiger charge is 2.32.